The predicted octanol–water partition coefficient (Wildman–Crippen LogP) is 2.91. The van der Waals surface area contributed by atoms with Gasteiger partial charge in [-0.15, -0.1) is 0 Å². The molecule has 4 aromatic rings. The van der Waals surface area contributed by atoms with E-state index in [0.717, 1.165) is 28.3 Å². The number of fused-ring (bicyclic) bond motifs is 1. The van der Waals surface area contributed by atoms with Crippen LogP contribution in [-0.4, -0.2) is 27.6 Å². The summed E-state index contributed by atoms with van der Waals surface area (Å²) in [7, 11) is 1.62. The minimum Gasteiger partial charge on any atom is -0.497 e. The number of carbonyl (C=O) groups excluding carboxylic acids is 1. The zero-order valence-corrected chi connectivity index (χ0v) is 16.0. The number of nitrogens with one attached hydrogen (secondary N) is 2. The van der Waals surface area contributed by atoms with Gasteiger partial charge in [0.25, 0.3) is 11.5 Å². The van der Waals surface area contributed by atoms with Gasteiger partial charge in [-0.2, -0.15) is 5.26 Å². The van der Waals surface area contributed by atoms with Crippen LogP contribution in [0.4, 0.5) is 5.69 Å². The van der Waals surface area contributed by atoms with Gasteiger partial charge in [0.15, 0.2) is 0 Å². The summed E-state index contributed by atoms with van der Waals surface area (Å²) in [4.78, 5) is 29.9. The number of methoxy groups -OCH3 is 1. The molecule has 0 saturated heterocycles. The maximum Gasteiger partial charge on any atom is 0.274 e. The van der Waals surface area contributed by atoms with Crippen molar-refractivity contribution in [2.24, 2.45) is 0 Å². The van der Waals surface area contributed by atoms with Gasteiger partial charge in [-0.05, 0) is 35.9 Å². The Balaban J connectivity index is 1.63. The first-order chi connectivity index (χ1) is 14.6. The van der Waals surface area contributed by atoms with Crippen LogP contribution in [0.25, 0.3) is 10.9 Å². The van der Waals surface area contributed by atoms with Crippen LogP contribution in [0.5, 0.6) is 5.75 Å². The molecule has 2 aromatic heterocycles. The summed E-state index contributed by atoms with van der Waals surface area (Å²) >= 11 is 0. The lowest BCUT2D eigenvalue weighted by Crippen LogP contribution is -2.17. The van der Waals surface area contributed by atoms with E-state index in [2.05, 4.69) is 21.4 Å². The molecule has 2 heterocycles. The Labute approximate surface area is 171 Å². The van der Waals surface area contributed by atoms with Gasteiger partial charge in [-0.25, -0.2) is 4.98 Å². The number of carbonyl (C=O) groups is 1. The summed E-state index contributed by atoms with van der Waals surface area (Å²) in [6, 6.07) is 16.4. The van der Waals surface area contributed by atoms with E-state index in [1.165, 1.54) is 6.33 Å². The van der Waals surface area contributed by atoms with Crippen LogP contribution in [-0.2, 0) is 6.54 Å². The Morgan fingerprint density at radius 1 is 1.23 bits per heavy atom. The minimum atomic E-state index is -0.503. The van der Waals surface area contributed by atoms with Crippen LogP contribution in [0.3, 0.4) is 0 Å². The third kappa shape index (κ3) is 3.77. The van der Waals surface area contributed by atoms with Gasteiger partial charge in [0.1, 0.15) is 17.5 Å². The molecule has 0 radical (unpaired) electrons. The van der Waals surface area contributed by atoms with Crippen molar-refractivity contribution in [2.45, 2.75) is 6.54 Å². The van der Waals surface area contributed by atoms with Crippen molar-refractivity contribution in [2.75, 3.05) is 12.4 Å². The highest BCUT2D eigenvalue weighted by Crippen LogP contribution is 2.26. The summed E-state index contributed by atoms with van der Waals surface area (Å²) in [5.74, 6) is 0.278. The molecular weight excluding hydrogens is 382 g/mol. The molecule has 0 bridgehead atoms. The number of hydrogen-bond donors (Lipinski definition) is 2. The maximum atomic E-state index is 12.3. The fourth-order valence-corrected chi connectivity index (χ4v) is 3.21. The standard InChI is InChI=1S/C22H17N5O3/c1-30-17-5-2-14(3-6-17)11-27-12-15(10-23)18-8-16(4-7-20(18)27)26-22(29)19-9-21(28)25-13-24-19/h2-9,12-13H,11H2,1H3,(H,26,29)(H,24,25,28). The lowest BCUT2D eigenvalue weighted by atomic mass is 10.1. The van der Waals surface area contributed by atoms with Crippen LogP contribution in [0.15, 0.2) is 65.8 Å². The average Bonchev–Trinajstić information content (AvgIpc) is 3.11. The van der Waals surface area contributed by atoms with Crippen LogP contribution < -0.4 is 15.6 Å². The Hall–Kier alpha value is -4.38. The summed E-state index contributed by atoms with van der Waals surface area (Å²) < 4.78 is 7.17. The molecule has 0 aliphatic heterocycles. The predicted molar refractivity (Wildman–Crippen MR) is 112 cm³/mol. The van der Waals surface area contributed by atoms with Crippen molar-refractivity contribution in [3.05, 3.63) is 88.2 Å². The van der Waals surface area contributed by atoms with E-state index in [1.807, 2.05) is 34.9 Å². The molecule has 30 heavy (non-hydrogen) atoms. The monoisotopic (exact) mass is 399 g/mol. The highest BCUT2D eigenvalue weighted by molar-refractivity contribution is 6.04. The Kier molecular flexibility index (Phi) is 5.01. The van der Waals surface area contributed by atoms with Crippen molar-refractivity contribution >= 4 is 22.5 Å². The Morgan fingerprint density at radius 3 is 2.73 bits per heavy atom. The summed E-state index contributed by atoms with van der Waals surface area (Å²) in [5.41, 5.74) is 2.55. The molecule has 0 aliphatic carbocycles. The zero-order valence-electron chi connectivity index (χ0n) is 16.0. The topological polar surface area (TPSA) is 113 Å². The van der Waals surface area contributed by atoms with Crippen molar-refractivity contribution in [3.8, 4) is 11.8 Å². The van der Waals surface area contributed by atoms with E-state index in [1.54, 1.807) is 25.4 Å². The second-order valence-electron chi connectivity index (χ2n) is 6.61. The molecule has 1 amide bonds. The largest absolute Gasteiger partial charge is 0.497 e. The van der Waals surface area contributed by atoms with E-state index < -0.39 is 11.5 Å². The summed E-state index contributed by atoms with van der Waals surface area (Å²) in [6.45, 7) is 0.588. The van der Waals surface area contributed by atoms with Gasteiger partial charge in [0.2, 0.25) is 0 Å². The number of benzene rings is 2. The third-order valence-corrected chi connectivity index (χ3v) is 4.68. The second kappa shape index (κ2) is 7.93. The van der Waals surface area contributed by atoms with Crippen molar-refractivity contribution in [1.29, 1.82) is 5.26 Å². The van der Waals surface area contributed by atoms with Crippen LogP contribution in [0, 0.1) is 11.3 Å². The van der Waals surface area contributed by atoms with Crippen molar-refractivity contribution in [1.82, 2.24) is 14.5 Å². The molecule has 0 saturated carbocycles. The number of H-pyrrole nitrogens is 1. The molecule has 148 valence electrons. The average molecular weight is 399 g/mol. The third-order valence-electron chi connectivity index (χ3n) is 4.68. The number of nitrogens with zero attached hydrogens (tertiary/aromatic N) is 3. The highest BCUT2D eigenvalue weighted by Gasteiger charge is 2.12. The summed E-state index contributed by atoms with van der Waals surface area (Å²) in [6.07, 6.45) is 2.96. The smallest absolute Gasteiger partial charge is 0.274 e. The lowest BCUT2D eigenvalue weighted by molar-refractivity contribution is 0.102. The van der Waals surface area contributed by atoms with Crippen molar-refractivity contribution < 1.29 is 9.53 Å². The molecule has 0 aliphatic rings. The first-order valence-electron chi connectivity index (χ1n) is 9.09. The number of nitriles is 1. The van der Waals surface area contributed by atoms with E-state index in [4.69, 9.17) is 4.74 Å². The van der Waals surface area contributed by atoms with Gasteiger partial charge >= 0.3 is 0 Å². The van der Waals surface area contributed by atoms with Crippen LogP contribution in [0.2, 0.25) is 0 Å². The molecule has 0 unspecified atom stereocenters. The normalized spacial score (nSPS) is 10.5. The first kappa shape index (κ1) is 19.0. The quantitative estimate of drug-likeness (QED) is 0.536. The van der Waals surface area contributed by atoms with E-state index in [-0.39, 0.29) is 5.69 Å². The molecule has 0 spiro atoms. The van der Waals surface area contributed by atoms with E-state index in [0.29, 0.717) is 17.8 Å². The van der Waals surface area contributed by atoms with Gasteiger partial charge in [0, 0.05) is 35.4 Å². The zero-order chi connectivity index (χ0) is 21.1. The van der Waals surface area contributed by atoms with Crippen molar-refractivity contribution in [3.63, 3.8) is 0 Å². The molecule has 0 atom stereocenters. The molecule has 2 aromatic carbocycles. The van der Waals surface area contributed by atoms with E-state index in [9.17, 15) is 14.9 Å². The van der Waals surface area contributed by atoms with E-state index >= 15 is 0 Å². The molecule has 0 fully saturated rings. The maximum absolute atomic E-state index is 12.3. The Bertz CT molecular complexity index is 1330. The SMILES string of the molecule is COc1ccc(Cn2cc(C#N)c3cc(NC(=O)c4cc(=O)[nH]cn4)ccc32)cc1. The minimum absolute atomic E-state index is 0.0106. The first-order valence-corrected chi connectivity index (χ1v) is 9.09. The molecular formula is C22H17N5O3. The van der Waals surface area contributed by atoms with Gasteiger partial charge < -0.3 is 19.6 Å². The van der Waals surface area contributed by atoms with Gasteiger partial charge in [-0.1, -0.05) is 12.1 Å². The number of amides is 1. The molecule has 8 heteroatoms. The number of anilines is 1. The number of ether oxygens (including phenoxy) is 1. The molecule has 8 nitrogen and oxygen atoms in total. The summed E-state index contributed by atoms with van der Waals surface area (Å²) in [5, 5.41) is 13.0. The fourth-order valence-electron chi connectivity index (χ4n) is 3.21. The number of aromatic amines is 1. The Morgan fingerprint density at radius 2 is 2.03 bits per heavy atom. The lowest BCUT2D eigenvalue weighted by Gasteiger charge is -2.08. The number of rotatable bonds is 5. The molecule has 4 rings (SSSR count). The highest BCUT2D eigenvalue weighted by atomic mass is 16.5. The fraction of sp³-hybridized carbons (Fsp3) is 0.0909. The van der Waals surface area contributed by atoms with Crippen LogP contribution in [0.1, 0.15) is 21.6 Å². The second-order valence-corrected chi connectivity index (χ2v) is 6.61. The van der Waals surface area contributed by atoms with Crippen LogP contribution >= 0.6 is 0 Å². The molecule has 2 N–H and O–H groups in total. The number of aromatic nitrogens is 3. The van der Waals surface area contributed by atoms with Gasteiger partial charge in [0.05, 0.1) is 19.0 Å². The number of hydrogen-bond acceptors (Lipinski definition) is 5. The van der Waals surface area contributed by atoms with Gasteiger partial charge in [-0.3, -0.25) is 9.59 Å².